The topological polar surface area (TPSA) is 86.6 Å². The summed E-state index contributed by atoms with van der Waals surface area (Å²) in [5, 5.41) is 22.3. The summed E-state index contributed by atoms with van der Waals surface area (Å²) in [4.78, 5) is 23.9. The van der Waals surface area contributed by atoms with Gasteiger partial charge in [0, 0.05) is 17.5 Å². The van der Waals surface area contributed by atoms with Crippen LogP contribution in [-0.4, -0.2) is 28.6 Å². The van der Waals surface area contributed by atoms with Crippen molar-refractivity contribution in [2.24, 2.45) is 33.0 Å². The number of allylic oxidation sites excluding steroid dienone is 7. The Morgan fingerprint density at radius 3 is 2.40 bits per heavy atom. The third-order valence-electron chi connectivity index (χ3n) is 11.6. The molecule has 0 spiro atoms. The summed E-state index contributed by atoms with van der Waals surface area (Å²) in [6.07, 6.45) is 12.8. The highest BCUT2D eigenvalue weighted by Gasteiger charge is 2.66. The van der Waals surface area contributed by atoms with Crippen molar-refractivity contribution in [2.45, 2.75) is 86.5 Å². The van der Waals surface area contributed by atoms with Crippen LogP contribution in [0.25, 0.3) is 0 Å². The molecular formula is C30H41NO4. The van der Waals surface area contributed by atoms with Crippen molar-refractivity contribution in [3.05, 3.63) is 46.3 Å². The number of amides is 1. The molecule has 1 amide bonds. The highest BCUT2D eigenvalue weighted by atomic mass is 16.4. The number of carbonyl (C=O) groups excluding carboxylic acids is 1. The molecule has 0 saturated heterocycles. The fourth-order valence-electron chi connectivity index (χ4n) is 8.97. The highest BCUT2D eigenvalue weighted by molar-refractivity contribution is 6.06. The van der Waals surface area contributed by atoms with Crippen molar-refractivity contribution in [2.75, 3.05) is 6.54 Å². The van der Waals surface area contributed by atoms with E-state index in [9.17, 15) is 19.8 Å². The number of hydrogen-bond acceptors (Lipinski definition) is 3. The number of carboxylic acid groups (broad SMARTS) is 1. The van der Waals surface area contributed by atoms with Crippen molar-refractivity contribution in [3.8, 4) is 0 Å². The predicted molar refractivity (Wildman–Crippen MR) is 137 cm³/mol. The molecule has 5 rings (SSSR count). The van der Waals surface area contributed by atoms with Crippen LogP contribution in [0, 0.1) is 33.0 Å². The fraction of sp³-hybridized carbons (Fsp3) is 0.667. The Labute approximate surface area is 209 Å². The third kappa shape index (κ3) is 3.18. The minimum absolute atomic E-state index is 0.00825. The summed E-state index contributed by atoms with van der Waals surface area (Å²) in [7, 11) is 0. The Morgan fingerprint density at radius 1 is 1.03 bits per heavy atom. The lowest BCUT2D eigenvalue weighted by Crippen LogP contribution is -2.62. The molecule has 35 heavy (non-hydrogen) atoms. The fourth-order valence-corrected chi connectivity index (χ4v) is 8.97. The lowest BCUT2D eigenvalue weighted by atomic mass is 9.34. The molecule has 0 unspecified atom stereocenters. The quantitative estimate of drug-likeness (QED) is 0.403. The molecule has 0 aromatic heterocycles. The van der Waals surface area contributed by atoms with Gasteiger partial charge in [-0.3, -0.25) is 4.79 Å². The molecular weight excluding hydrogens is 438 g/mol. The first-order valence-corrected chi connectivity index (χ1v) is 13.3. The second kappa shape index (κ2) is 7.36. The SMILES string of the molecule is CC1=C(O)C(=O)C=C2C1=CC=C1[C@@]2(C)CC[C@@]2(C)[C@@H]3C[C@](C)(CNC(=O)O)CC[C@]3(C)CC[C@]12C. The Morgan fingerprint density at radius 2 is 1.71 bits per heavy atom. The van der Waals surface area contributed by atoms with Crippen molar-refractivity contribution >= 4 is 11.9 Å². The van der Waals surface area contributed by atoms with Gasteiger partial charge in [0.1, 0.15) is 0 Å². The van der Waals surface area contributed by atoms with Crippen LogP contribution in [0.5, 0.6) is 0 Å². The predicted octanol–water partition coefficient (Wildman–Crippen LogP) is 6.88. The van der Waals surface area contributed by atoms with Gasteiger partial charge in [0.05, 0.1) is 0 Å². The van der Waals surface area contributed by atoms with E-state index in [4.69, 9.17) is 0 Å². The van der Waals surface area contributed by atoms with Crippen molar-refractivity contribution in [3.63, 3.8) is 0 Å². The molecule has 5 heteroatoms. The smallest absolute Gasteiger partial charge is 0.404 e. The maximum absolute atomic E-state index is 12.6. The van der Waals surface area contributed by atoms with Gasteiger partial charge in [0.25, 0.3) is 0 Å². The molecule has 0 bridgehead atoms. The molecule has 3 N–H and O–H groups in total. The van der Waals surface area contributed by atoms with E-state index in [0.29, 0.717) is 18.0 Å². The molecule has 0 aromatic carbocycles. The summed E-state index contributed by atoms with van der Waals surface area (Å²) >= 11 is 0. The van der Waals surface area contributed by atoms with Crippen LogP contribution >= 0.6 is 0 Å². The summed E-state index contributed by atoms with van der Waals surface area (Å²) in [6, 6.07) is 0. The summed E-state index contributed by atoms with van der Waals surface area (Å²) in [5.41, 5.74) is 4.31. The highest BCUT2D eigenvalue weighted by Crippen LogP contribution is 2.75. The van der Waals surface area contributed by atoms with E-state index in [0.717, 1.165) is 49.7 Å². The van der Waals surface area contributed by atoms with Crippen LogP contribution in [-0.2, 0) is 4.79 Å². The van der Waals surface area contributed by atoms with E-state index in [2.05, 4.69) is 52.1 Å². The van der Waals surface area contributed by atoms with E-state index in [-0.39, 0.29) is 38.6 Å². The lowest BCUT2D eigenvalue weighted by molar-refractivity contribution is -0.160. The van der Waals surface area contributed by atoms with Crippen LogP contribution in [0.15, 0.2) is 46.3 Å². The Hall–Kier alpha value is -2.30. The number of nitrogens with one attached hydrogen (secondary N) is 1. The van der Waals surface area contributed by atoms with Gasteiger partial charge in [-0.05, 0) is 96.7 Å². The molecule has 5 nitrogen and oxygen atoms in total. The van der Waals surface area contributed by atoms with Crippen molar-refractivity contribution in [1.29, 1.82) is 0 Å². The first-order valence-electron chi connectivity index (χ1n) is 13.3. The van der Waals surface area contributed by atoms with Gasteiger partial charge in [-0.2, -0.15) is 0 Å². The Balaban J connectivity index is 1.58. The van der Waals surface area contributed by atoms with Gasteiger partial charge in [-0.25, -0.2) is 4.79 Å². The molecule has 5 aliphatic carbocycles. The van der Waals surface area contributed by atoms with Gasteiger partial charge in [-0.15, -0.1) is 0 Å². The zero-order valence-electron chi connectivity index (χ0n) is 22.2. The summed E-state index contributed by atoms with van der Waals surface area (Å²) in [5.74, 6) is 0.101. The van der Waals surface area contributed by atoms with E-state index in [1.165, 1.54) is 12.0 Å². The zero-order valence-corrected chi connectivity index (χ0v) is 22.2. The van der Waals surface area contributed by atoms with Crippen molar-refractivity contribution in [1.82, 2.24) is 5.32 Å². The molecule has 6 atom stereocenters. The van der Waals surface area contributed by atoms with E-state index in [1.54, 1.807) is 6.08 Å². The number of aliphatic hydroxyl groups is 1. The Kier molecular flexibility index (Phi) is 5.13. The van der Waals surface area contributed by atoms with Crippen LogP contribution in [0.1, 0.15) is 86.5 Å². The maximum atomic E-state index is 12.6. The minimum atomic E-state index is -0.937. The molecule has 0 aliphatic heterocycles. The maximum Gasteiger partial charge on any atom is 0.404 e. The van der Waals surface area contributed by atoms with E-state index in [1.807, 2.05) is 6.92 Å². The van der Waals surface area contributed by atoms with Crippen molar-refractivity contribution < 1.29 is 19.8 Å². The number of carbonyl (C=O) groups is 2. The van der Waals surface area contributed by atoms with Gasteiger partial charge in [-0.1, -0.05) is 52.3 Å². The summed E-state index contributed by atoms with van der Waals surface area (Å²) < 4.78 is 0. The van der Waals surface area contributed by atoms with Gasteiger partial charge in [0.2, 0.25) is 5.78 Å². The van der Waals surface area contributed by atoms with E-state index >= 15 is 0 Å². The number of aliphatic hydroxyl groups excluding tert-OH is 1. The summed E-state index contributed by atoms with van der Waals surface area (Å²) in [6.45, 7) is 14.4. The van der Waals surface area contributed by atoms with Crippen LogP contribution < -0.4 is 5.32 Å². The first-order chi connectivity index (χ1) is 16.2. The molecule has 3 saturated carbocycles. The lowest BCUT2D eigenvalue weighted by Gasteiger charge is -2.70. The average molecular weight is 480 g/mol. The Bertz CT molecular complexity index is 1140. The molecule has 5 aliphatic rings. The normalized spacial score (nSPS) is 44.7. The second-order valence-electron chi connectivity index (χ2n) is 13.5. The largest absolute Gasteiger partial charge is 0.504 e. The standard InChI is InChI=1S/C30H41NO4/c1-18-19-7-8-22-28(4,20(19)15-21(32)24(18)33)12-14-30(6)23-16-26(2,17-31-25(34)35)9-10-27(23,3)11-13-29(22,30)5/h7-8,15,23,31,33H,9-14,16-17H2,1-6H3,(H,34,35)/t23-,26-,27-,28+,29-,30+/m1/s1. The van der Waals surface area contributed by atoms with Gasteiger partial charge >= 0.3 is 6.09 Å². The monoisotopic (exact) mass is 479 g/mol. The van der Waals surface area contributed by atoms with Gasteiger partial charge < -0.3 is 15.5 Å². The number of ketones is 1. The zero-order chi connectivity index (χ0) is 25.6. The molecule has 0 aromatic rings. The molecule has 190 valence electrons. The van der Waals surface area contributed by atoms with E-state index < -0.39 is 6.09 Å². The third-order valence-corrected chi connectivity index (χ3v) is 11.6. The van der Waals surface area contributed by atoms with Crippen LogP contribution in [0.4, 0.5) is 4.79 Å². The van der Waals surface area contributed by atoms with Gasteiger partial charge in [0.15, 0.2) is 5.76 Å². The second-order valence-corrected chi connectivity index (χ2v) is 13.5. The molecule has 0 radical (unpaired) electrons. The number of hydrogen-bond donors (Lipinski definition) is 3. The first kappa shape index (κ1) is 24.4. The van der Waals surface area contributed by atoms with Crippen LogP contribution in [0.3, 0.4) is 0 Å². The average Bonchev–Trinajstić information content (AvgIpc) is 2.80. The number of fused-ring (bicyclic) bond motifs is 7. The molecule has 3 fully saturated rings. The number of rotatable bonds is 2. The van der Waals surface area contributed by atoms with Crippen LogP contribution in [0.2, 0.25) is 0 Å². The minimum Gasteiger partial charge on any atom is -0.504 e. The molecule has 0 heterocycles.